The van der Waals surface area contributed by atoms with Gasteiger partial charge in [-0.25, -0.2) is 0 Å². The number of nitrogens with zero attached hydrogens (tertiary/aromatic N) is 2. The van der Waals surface area contributed by atoms with Crippen molar-refractivity contribution < 1.29 is 19.1 Å². The van der Waals surface area contributed by atoms with Gasteiger partial charge in [-0.3, -0.25) is 9.59 Å². The Balaban J connectivity index is 1.99. The third kappa shape index (κ3) is 3.18. The van der Waals surface area contributed by atoms with Crippen molar-refractivity contribution in [2.75, 3.05) is 6.54 Å². The number of carbonyl (C=O) groups is 2. The lowest BCUT2D eigenvalue weighted by atomic mass is 10.1. The number of aliphatic hydroxyl groups is 1. The molecule has 0 aliphatic heterocycles. The Hall–Kier alpha value is -2.74. The minimum Gasteiger partial charge on any atom is -0.423 e. The summed E-state index contributed by atoms with van der Waals surface area (Å²) in [6, 6.07) is 6.41. The molecule has 2 amide bonds. The molecule has 1 aromatic heterocycles. The van der Waals surface area contributed by atoms with Crippen LogP contribution in [0.5, 0.6) is 0 Å². The van der Waals surface area contributed by atoms with Crippen molar-refractivity contribution in [3.8, 4) is 11.5 Å². The number of benzene rings is 1. The maximum absolute atomic E-state index is 11.7. The van der Waals surface area contributed by atoms with Gasteiger partial charge in [0.2, 0.25) is 18.2 Å². The Morgan fingerprint density at radius 3 is 2.60 bits per heavy atom. The molecule has 20 heavy (non-hydrogen) atoms. The van der Waals surface area contributed by atoms with Crippen molar-refractivity contribution in [1.29, 1.82) is 0 Å². The average molecular weight is 276 g/mol. The fourth-order valence-corrected chi connectivity index (χ4v) is 1.46. The molecule has 2 aromatic rings. The van der Waals surface area contributed by atoms with E-state index in [0.717, 1.165) is 0 Å². The van der Waals surface area contributed by atoms with Crippen molar-refractivity contribution in [3.63, 3.8) is 0 Å². The van der Waals surface area contributed by atoms with E-state index in [9.17, 15) is 14.7 Å². The van der Waals surface area contributed by atoms with Crippen molar-refractivity contribution >= 4 is 11.8 Å². The van der Waals surface area contributed by atoms with Gasteiger partial charge in [0.15, 0.2) is 0 Å². The lowest BCUT2D eigenvalue weighted by molar-refractivity contribution is -0.125. The van der Waals surface area contributed by atoms with E-state index >= 15 is 0 Å². The second-order valence-corrected chi connectivity index (χ2v) is 3.95. The Morgan fingerprint density at radius 2 is 2.05 bits per heavy atom. The number of hydrogen-bond acceptors (Lipinski definition) is 6. The molecular formula is C12H12N4O4. The molecule has 0 saturated heterocycles. The first-order valence-electron chi connectivity index (χ1n) is 5.70. The summed E-state index contributed by atoms with van der Waals surface area (Å²) < 4.78 is 5.02. The standard InChI is InChI=1S/C12H12N4O4/c13-10(18)9(17)5-14-11(19)7-1-3-8(4-2-7)12-16-15-6-20-12/h1-4,6,9,17H,5H2,(H2,13,18)(H,14,19). The molecule has 1 aromatic carbocycles. The third-order valence-corrected chi connectivity index (χ3v) is 2.54. The first-order valence-corrected chi connectivity index (χ1v) is 5.70. The molecule has 1 heterocycles. The summed E-state index contributed by atoms with van der Waals surface area (Å²) in [5.41, 5.74) is 5.91. The number of aromatic nitrogens is 2. The van der Waals surface area contributed by atoms with Crippen LogP contribution in [0.1, 0.15) is 10.4 Å². The maximum Gasteiger partial charge on any atom is 0.251 e. The molecule has 0 aliphatic rings. The Kier molecular flexibility index (Phi) is 4.06. The molecule has 8 nitrogen and oxygen atoms in total. The van der Waals surface area contributed by atoms with Crippen molar-refractivity contribution in [2.45, 2.75) is 6.10 Å². The highest BCUT2D eigenvalue weighted by molar-refractivity contribution is 5.95. The van der Waals surface area contributed by atoms with Crippen molar-refractivity contribution in [2.24, 2.45) is 5.73 Å². The minimum atomic E-state index is -1.41. The van der Waals surface area contributed by atoms with Crippen LogP contribution in [0.4, 0.5) is 0 Å². The quantitative estimate of drug-likeness (QED) is 0.662. The van der Waals surface area contributed by atoms with E-state index in [1.54, 1.807) is 24.3 Å². The lowest BCUT2D eigenvalue weighted by Gasteiger charge is -2.08. The fraction of sp³-hybridized carbons (Fsp3) is 0.167. The van der Waals surface area contributed by atoms with Gasteiger partial charge < -0.3 is 20.6 Å². The first-order chi connectivity index (χ1) is 9.58. The van der Waals surface area contributed by atoms with Gasteiger partial charge in [-0.05, 0) is 24.3 Å². The van der Waals surface area contributed by atoms with Crippen LogP contribution in [-0.4, -0.2) is 39.8 Å². The van der Waals surface area contributed by atoms with Gasteiger partial charge in [-0.15, -0.1) is 10.2 Å². The molecule has 8 heteroatoms. The SMILES string of the molecule is NC(=O)C(O)CNC(=O)c1ccc(-c2nnco2)cc1. The zero-order valence-corrected chi connectivity index (χ0v) is 10.3. The summed E-state index contributed by atoms with van der Waals surface area (Å²) in [4.78, 5) is 22.4. The van der Waals surface area contributed by atoms with E-state index in [0.29, 0.717) is 17.0 Å². The van der Waals surface area contributed by atoms with Crippen LogP contribution in [-0.2, 0) is 4.79 Å². The van der Waals surface area contributed by atoms with Crippen LogP contribution >= 0.6 is 0 Å². The number of rotatable bonds is 5. The van der Waals surface area contributed by atoms with Crippen LogP contribution in [0.15, 0.2) is 35.1 Å². The third-order valence-electron chi connectivity index (χ3n) is 2.54. The average Bonchev–Trinajstić information content (AvgIpc) is 2.98. The molecule has 1 unspecified atom stereocenters. The fourth-order valence-electron chi connectivity index (χ4n) is 1.46. The number of hydrogen-bond donors (Lipinski definition) is 3. The van der Waals surface area contributed by atoms with Gasteiger partial charge in [0.1, 0.15) is 6.10 Å². The van der Waals surface area contributed by atoms with Gasteiger partial charge in [0.05, 0.1) is 6.54 Å². The van der Waals surface area contributed by atoms with Gasteiger partial charge in [-0.2, -0.15) is 0 Å². The van der Waals surface area contributed by atoms with Gasteiger partial charge >= 0.3 is 0 Å². The van der Waals surface area contributed by atoms with E-state index in [1.807, 2.05) is 0 Å². The largest absolute Gasteiger partial charge is 0.423 e. The molecular weight excluding hydrogens is 264 g/mol. The predicted octanol–water partition coefficient (Wildman–Crippen LogP) is -0.687. The summed E-state index contributed by atoms with van der Waals surface area (Å²) >= 11 is 0. The molecule has 4 N–H and O–H groups in total. The molecule has 2 rings (SSSR count). The minimum absolute atomic E-state index is 0.237. The second kappa shape index (κ2) is 5.93. The van der Waals surface area contributed by atoms with Crippen LogP contribution in [0, 0.1) is 0 Å². The molecule has 0 aliphatic carbocycles. The van der Waals surface area contributed by atoms with Crippen LogP contribution < -0.4 is 11.1 Å². The van der Waals surface area contributed by atoms with E-state index in [-0.39, 0.29) is 6.54 Å². The number of primary amides is 1. The van der Waals surface area contributed by atoms with Gasteiger partial charge in [0.25, 0.3) is 5.91 Å². The predicted molar refractivity (Wildman–Crippen MR) is 67.3 cm³/mol. The Labute approximate surface area is 113 Å². The highest BCUT2D eigenvalue weighted by Crippen LogP contribution is 2.16. The van der Waals surface area contributed by atoms with Gasteiger partial charge in [-0.1, -0.05) is 0 Å². The maximum atomic E-state index is 11.7. The normalized spacial score (nSPS) is 11.8. The number of aliphatic hydroxyl groups excluding tert-OH is 1. The Bertz CT molecular complexity index is 594. The monoisotopic (exact) mass is 276 g/mol. The summed E-state index contributed by atoms with van der Waals surface area (Å²) in [7, 11) is 0. The number of nitrogens with one attached hydrogen (secondary N) is 1. The summed E-state index contributed by atoms with van der Waals surface area (Å²) in [5.74, 6) is -0.972. The molecule has 0 fully saturated rings. The van der Waals surface area contributed by atoms with Crippen LogP contribution in [0.25, 0.3) is 11.5 Å². The highest BCUT2D eigenvalue weighted by atomic mass is 16.4. The first kappa shape index (κ1) is 13.7. The number of amides is 2. The van der Waals surface area contributed by atoms with Gasteiger partial charge in [0, 0.05) is 11.1 Å². The molecule has 0 saturated carbocycles. The van der Waals surface area contributed by atoms with Crippen LogP contribution in [0.3, 0.4) is 0 Å². The molecule has 0 bridgehead atoms. The highest BCUT2D eigenvalue weighted by Gasteiger charge is 2.13. The summed E-state index contributed by atoms with van der Waals surface area (Å²) in [6.07, 6.45) is -0.196. The molecule has 0 spiro atoms. The second-order valence-electron chi connectivity index (χ2n) is 3.95. The van der Waals surface area contributed by atoms with E-state index in [2.05, 4.69) is 15.5 Å². The Morgan fingerprint density at radius 1 is 1.35 bits per heavy atom. The summed E-state index contributed by atoms with van der Waals surface area (Å²) in [6.45, 7) is -0.237. The number of nitrogens with two attached hydrogens (primary N) is 1. The zero-order valence-electron chi connectivity index (χ0n) is 10.3. The molecule has 0 radical (unpaired) electrons. The number of carbonyl (C=O) groups excluding carboxylic acids is 2. The zero-order chi connectivity index (χ0) is 14.5. The molecule has 104 valence electrons. The van der Waals surface area contributed by atoms with Crippen molar-refractivity contribution in [3.05, 3.63) is 36.2 Å². The van der Waals surface area contributed by atoms with Crippen molar-refractivity contribution in [1.82, 2.24) is 15.5 Å². The van der Waals surface area contributed by atoms with E-state index in [1.165, 1.54) is 6.39 Å². The lowest BCUT2D eigenvalue weighted by Crippen LogP contribution is -2.39. The molecule has 1 atom stereocenters. The summed E-state index contributed by atoms with van der Waals surface area (Å²) in [5, 5.41) is 18.9. The van der Waals surface area contributed by atoms with E-state index in [4.69, 9.17) is 10.2 Å². The topological polar surface area (TPSA) is 131 Å². The smallest absolute Gasteiger partial charge is 0.251 e. The van der Waals surface area contributed by atoms with Crippen LogP contribution in [0.2, 0.25) is 0 Å². The van der Waals surface area contributed by atoms with E-state index < -0.39 is 17.9 Å².